The van der Waals surface area contributed by atoms with Crippen molar-refractivity contribution in [2.24, 2.45) is 0 Å². The highest BCUT2D eigenvalue weighted by Crippen LogP contribution is 2.34. The minimum absolute atomic E-state index is 0.0563. The van der Waals surface area contributed by atoms with Gasteiger partial charge in [0.05, 0.1) is 14.2 Å². The summed E-state index contributed by atoms with van der Waals surface area (Å²) in [5.41, 5.74) is 0.0805. The Morgan fingerprint density at radius 1 is 1.12 bits per heavy atom. The Morgan fingerprint density at radius 3 is 2.48 bits per heavy atom. The Balaban J connectivity index is 1.78. The number of aromatic nitrogens is 1. The molecule has 1 aromatic heterocycles. The molecule has 33 heavy (non-hydrogen) atoms. The van der Waals surface area contributed by atoms with Crippen LogP contribution in [0.25, 0.3) is 0 Å². The highest BCUT2D eigenvalue weighted by molar-refractivity contribution is 8.00. The summed E-state index contributed by atoms with van der Waals surface area (Å²) < 4.78 is 40.1. The van der Waals surface area contributed by atoms with Crippen molar-refractivity contribution in [3.63, 3.8) is 0 Å². The lowest BCUT2D eigenvalue weighted by Crippen LogP contribution is -2.33. The van der Waals surface area contributed by atoms with E-state index in [1.54, 1.807) is 30.5 Å². The largest absolute Gasteiger partial charge is 0.497 e. The number of hydrogen-bond donors (Lipinski definition) is 2. The number of ether oxygens (including phenoxy) is 2. The molecule has 0 spiro atoms. The number of thioether (sulfide) groups is 1. The SMILES string of the molecule is COc1ccc(CNC(=O)c2nc(SC)sc2NC(=O)C(F)(F)c2ccccc2)c(OC)c1. The van der Waals surface area contributed by atoms with Crippen LogP contribution < -0.4 is 20.1 Å². The van der Waals surface area contributed by atoms with E-state index in [1.807, 2.05) is 0 Å². The Kier molecular flexibility index (Phi) is 7.88. The maximum absolute atomic E-state index is 14.6. The molecule has 0 aliphatic heterocycles. The van der Waals surface area contributed by atoms with Crippen LogP contribution in [-0.2, 0) is 17.3 Å². The zero-order chi connectivity index (χ0) is 24.0. The van der Waals surface area contributed by atoms with Crippen LogP contribution in [0.2, 0.25) is 0 Å². The number of carbonyl (C=O) groups excluding carboxylic acids is 2. The average Bonchev–Trinajstić information content (AvgIpc) is 3.25. The maximum Gasteiger partial charge on any atom is 0.350 e. The number of alkyl halides is 2. The van der Waals surface area contributed by atoms with Gasteiger partial charge in [0.2, 0.25) is 0 Å². The number of halogens is 2. The average molecular weight is 494 g/mol. The number of methoxy groups -OCH3 is 2. The van der Waals surface area contributed by atoms with E-state index in [0.717, 1.165) is 23.5 Å². The molecule has 11 heteroatoms. The molecule has 7 nitrogen and oxygen atoms in total. The molecule has 0 atom stereocenters. The summed E-state index contributed by atoms with van der Waals surface area (Å²) in [5, 5.41) is 4.80. The summed E-state index contributed by atoms with van der Waals surface area (Å²) in [7, 11) is 3.02. The zero-order valence-corrected chi connectivity index (χ0v) is 19.6. The normalized spacial score (nSPS) is 11.1. The van der Waals surface area contributed by atoms with Crippen molar-refractivity contribution in [1.82, 2.24) is 10.3 Å². The number of nitrogens with one attached hydrogen (secondary N) is 2. The Labute approximate surface area is 197 Å². The summed E-state index contributed by atoms with van der Waals surface area (Å²) in [5.74, 6) is -4.85. The predicted octanol–water partition coefficient (Wildman–Crippen LogP) is 4.54. The summed E-state index contributed by atoms with van der Waals surface area (Å²) in [6.07, 6.45) is 1.73. The minimum Gasteiger partial charge on any atom is -0.497 e. The fraction of sp³-hybridized carbons (Fsp3) is 0.227. The molecule has 0 radical (unpaired) electrons. The lowest BCUT2D eigenvalue weighted by molar-refractivity contribution is -0.140. The number of hydrogen-bond acceptors (Lipinski definition) is 7. The number of anilines is 1. The summed E-state index contributed by atoms with van der Waals surface area (Å²) in [4.78, 5) is 29.4. The summed E-state index contributed by atoms with van der Waals surface area (Å²) >= 11 is 2.18. The van der Waals surface area contributed by atoms with Crippen LogP contribution in [0, 0.1) is 0 Å². The summed E-state index contributed by atoms with van der Waals surface area (Å²) in [6, 6.07) is 11.9. The minimum atomic E-state index is -3.78. The molecule has 174 valence electrons. The molecule has 2 N–H and O–H groups in total. The van der Waals surface area contributed by atoms with Gasteiger partial charge in [0.25, 0.3) is 11.8 Å². The van der Waals surface area contributed by atoms with Crippen molar-refractivity contribution in [2.75, 3.05) is 25.8 Å². The van der Waals surface area contributed by atoms with E-state index in [2.05, 4.69) is 15.6 Å². The van der Waals surface area contributed by atoms with Gasteiger partial charge in [-0.2, -0.15) is 8.78 Å². The monoisotopic (exact) mass is 493 g/mol. The Bertz CT molecular complexity index is 1140. The second-order valence-electron chi connectivity index (χ2n) is 6.62. The third kappa shape index (κ3) is 5.60. The van der Waals surface area contributed by atoms with Crippen LogP contribution in [0.3, 0.4) is 0 Å². The molecule has 0 fully saturated rings. The van der Waals surface area contributed by atoms with E-state index >= 15 is 0 Å². The first-order chi connectivity index (χ1) is 15.8. The maximum atomic E-state index is 14.6. The predicted molar refractivity (Wildman–Crippen MR) is 124 cm³/mol. The van der Waals surface area contributed by atoms with E-state index in [0.29, 0.717) is 21.4 Å². The van der Waals surface area contributed by atoms with Crippen molar-refractivity contribution in [1.29, 1.82) is 0 Å². The number of benzene rings is 2. The van der Waals surface area contributed by atoms with Crippen molar-refractivity contribution in [3.05, 3.63) is 65.4 Å². The van der Waals surface area contributed by atoms with E-state index in [4.69, 9.17) is 9.47 Å². The smallest absolute Gasteiger partial charge is 0.350 e. The standard InChI is InChI=1S/C22H21F2N3O4S2/c1-30-15-10-9-13(16(11-15)31-2)12-25-18(28)17-19(33-21(26-17)32-3)27-20(29)22(23,24)14-7-5-4-6-8-14/h4-11H,12H2,1-3H3,(H,25,28)(H,27,29). The van der Waals surface area contributed by atoms with E-state index in [9.17, 15) is 18.4 Å². The topological polar surface area (TPSA) is 89.5 Å². The first kappa shape index (κ1) is 24.5. The van der Waals surface area contributed by atoms with E-state index in [1.165, 1.54) is 38.1 Å². The first-order valence-corrected chi connectivity index (χ1v) is 11.6. The third-order valence-electron chi connectivity index (χ3n) is 4.58. The molecule has 2 amide bonds. The molecule has 3 aromatic rings. The number of rotatable bonds is 9. The number of carbonyl (C=O) groups is 2. The fourth-order valence-electron chi connectivity index (χ4n) is 2.84. The number of amides is 2. The first-order valence-electron chi connectivity index (χ1n) is 9.58. The number of nitrogens with zero attached hydrogens (tertiary/aromatic N) is 1. The molecule has 0 aliphatic rings. The van der Waals surface area contributed by atoms with E-state index in [-0.39, 0.29) is 17.2 Å². The second-order valence-corrected chi connectivity index (χ2v) is 8.67. The summed E-state index contributed by atoms with van der Waals surface area (Å²) in [6.45, 7) is 0.0890. The quantitative estimate of drug-likeness (QED) is 0.426. The molecule has 0 saturated carbocycles. The van der Waals surface area contributed by atoms with Gasteiger partial charge in [-0.25, -0.2) is 4.98 Å². The fourth-order valence-corrected chi connectivity index (χ4v) is 4.30. The molecular formula is C22H21F2N3O4S2. The molecule has 2 aromatic carbocycles. The van der Waals surface area contributed by atoms with Crippen LogP contribution in [0.15, 0.2) is 52.9 Å². The molecule has 1 heterocycles. The van der Waals surface area contributed by atoms with Gasteiger partial charge in [-0.05, 0) is 18.4 Å². The van der Waals surface area contributed by atoms with Crippen LogP contribution in [-0.4, -0.2) is 37.3 Å². The van der Waals surface area contributed by atoms with Gasteiger partial charge in [-0.1, -0.05) is 53.4 Å². The zero-order valence-electron chi connectivity index (χ0n) is 18.0. The van der Waals surface area contributed by atoms with Crippen molar-refractivity contribution in [3.8, 4) is 11.5 Å². The molecule has 0 bridgehead atoms. The molecule has 0 saturated heterocycles. The van der Waals surface area contributed by atoms with Crippen LogP contribution in [0.1, 0.15) is 21.6 Å². The van der Waals surface area contributed by atoms with Gasteiger partial charge in [-0.3, -0.25) is 9.59 Å². The van der Waals surface area contributed by atoms with Gasteiger partial charge in [0.1, 0.15) is 16.5 Å². The van der Waals surface area contributed by atoms with E-state index < -0.39 is 23.3 Å². The molecule has 3 rings (SSSR count). The third-order valence-corrected chi connectivity index (χ3v) is 6.54. The van der Waals surface area contributed by atoms with Crippen LogP contribution in [0.5, 0.6) is 11.5 Å². The Hall–Kier alpha value is -3.18. The lowest BCUT2D eigenvalue weighted by Gasteiger charge is -2.16. The van der Waals surface area contributed by atoms with Gasteiger partial charge < -0.3 is 20.1 Å². The number of thiazole rings is 1. The second kappa shape index (κ2) is 10.6. The highest BCUT2D eigenvalue weighted by atomic mass is 32.2. The highest BCUT2D eigenvalue weighted by Gasteiger charge is 2.41. The van der Waals surface area contributed by atoms with Crippen molar-refractivity contribution >= 4 is 39.9 Å². The van der Waals surface area contributed by atoms with Gasteiger partial charge in [0.15, 0.2) is 10.0 Å². The lowest BCUT2D eigenvalue weighted by atomic mass is 10.1. The molecular weight excluding hydrogens is 472 g/mol. The van der Waals surface area contributed by atoms with Gasteiger partial charge >= 0.3 is 5.92 Å². The van der Waals surface area contributed by atoms with Crippen molar-refractivity contribution in [2.45, 2.75) is 16.8 Å². The Morgan fingerprint density at radius 2 is 1.85 bits per heavy atom. The molecule has 0 aliphatic carbocycles. The molecule has 0 unspecified atom stereocenters. The van der Waals surface area contributed by atoms with Gasteiger partial charge in [0, 0.05) is 23.7 Å². The van der Waals surface area contributed by atoms with Gasteiger partial charge in [-0.15, -0.1) is 0 Å². The van der Waals surface area contributed by atoms with Crippen LogP contribution >= 0.6 is 23.1 Å². The van der Waals surface area contributed by atoms with Crippen LogP contribution in [0.4, 0.5) is 13.8 Å². The van der Waals surface area contributed by atoms with Crippen molar-refractivity contribution < 1.29 is 27.8 Å².